The maximum atomic E-state index is 12.8. The van der Waals surface area contributed by atoms with Crippen LogP contribution in [0.15, 0.2) is 48.6 Å². The van der Waals surface area contributed by atoms with Crippen molar-refractivity contribution >= 4 is 17.9 Å². The molecule has 0 aliphatic rings. The van der Waals surface area contributed by atoms with Gasteiger partial charge in [-0.15, -0.1) is 0 Å². The van der Waals surface area contributed by atoms with Crippen LogP contribution in [0.2, 0.25) is 0 Å². The first-order valence-electron chi connectivity index (χ1n) is 29.6. The third kappa shape index (κ3) is 54.3. The van der Waals surface area contributed by atoms with E-state index < -0.39 is 6.10 Å². The fraction of sp³-hybridized carbons (Fsp3) is 0.823. The molecule has 0 aromatic carbocycles. The number of allylic oxidation sites excluding steroid dienone is 8. The molecule has 6 heteroatoms. The molecule has 0 bridgehead atoms. The third-order valence-corrected chi connectivity index (χ3v) is 13.1. The summed E-state index contributed by atoms with van der Waals surface area (Å²) in [5.41, 5.74) is 0. The van der Waals surface area contributed by atoms with E-state index in [1.807, 2.05) is 0 Å². The first kappa shape index (κ1) is 65.4. The molecule has 0 aromatic rings. The highest BCUT2D eigenvalue weighted by Gasteiger charge is 2.19. The maximum Gasteiger partial charge on any atom is 0.306 e. The normalized spacial score (nSPS) is 12.3. The fourth-order valence-electron chi connectivity index (χ4n) is 8.56. The van der Waals surface area contributed by atoms with Crippen LogP contribution >= 0.6 is 0 Å². The van der Waals surface area contributed by atoms with Crippen molar-refractivity contribution in [1.29, 1.82) is 0 Å². The second-order valence-electron chi connectivity index (χ2n) is 19.9. The van der Waals surface area contributed by atoms with Crippen molar-refractivity contribution in [3.8, 4) is 0 Å². The summed E-state index contributed by atoms with van der Waals surface area (Å²) in [6.07, 6.45) is 69.7. The van der Waals surface area contributed by atoms with Crippen LogP contribution in [0.4, 0.5) is 0 Å². The predicted molar refractivity (Wildman–Crippen MR) is 293 cm³/mol. The molecular formula is C62H112O6. The zero-order valence-electron chi connectivity index (χ0n) is 45.4. The second kappa shape index (κ2) is 57.0. The Morgan fingerprint density at radius 3 is 0.838 bits per heavy atom. The molecule has 68 heavy (non-hydrogen) atoms. The first-order chi connectivity index (χ1) is 33.5. The number of carbonyl (C=O) groups excluding carboxylic acids is 3. The first-order valence-corrected chi connectivity index (χ1v) is 29.6. The lowest BCUT2D eigenvalue weighted by atomic mass is 10.1. The zero-order chi connectivity index (χ0) is 49.3. The van der Waals surface area contributed by atoms with Crippen LogP contribution in [0, 0.1) is 0 Å². The number of ether oxygens (including phenoxy) is 3. The van der Waals surface area contributed by atoms with Gasteiger partial charge in [-0.3, -0.25) is 14.4 Å². The van der Waals surface area contributed by atoms with E-state index in [0.717, 1.165) is 77.0 Å². The lowest BCUT2D eigenvalue weighted by Crippen LogP contribution is -2.30. The van der Waals surface area contributed by atoms with Gasteiger partial charge in [-0.1, -0.05) is 256 Å². The molecule has 0 saturated carbocycles. The summed E-state index contributed by atoms with van der Waals surface area (Å²) in [4.78, 5) is 38.1. The van der Waals surface area contributed by atoms with Gasteiger partial charge in [0.1, 0.15) is 13.2 Å². The smallest absolute Gasteiger partial charge is 0.306 e. The lowest BCUT2D eigenvalue weighted by molar-refractivity contribution is -0.167. The number of carbonyl (C=O) groups is 3. The average Bonchev–Trinajstić information content (AvgIpc) is 3.34. The highest BCUT2D eigenvalue weighted by molar-refractivity contribution is 5.71. The molecule has 1 atom stereocenters. The molecule has 0 spiro atoms. The Balaban J connectivity index is 4.25. The van der Waals surface area contributed by atoms with E-state index >= 15 is 0 Å². The Morgan fingerprint density at radius 2 is 0.529 bits per heavy atom. The van der Waals surface area contributed by atoms with Crippen molar-refractivity contribution in [2.45, 2.75) is 316 Å². The van der Waals surface area contributed by atoms with Crippen molar-refractivity contribution < 1.29 is 28.6 Å². The van der Waals surface area contributed by atoms with Gasteiger partial charge in [-0.2, -0.15) is 0 Å². The molecular weight excluding hydrogens is 841 g/mol. The summed E-state index contributed by atoms with van der Waals surface area (Å²) in [5.74, 6) is -0.876. The van der Waals surface area contributed by atoms with Gasteiger partial charge in [0.2, 0.25) is 0 Å². The summed E-state index contributed by atoms with van der Waals surface area (Å²) in [5, 5.41) is 0. The lowest BCUT2D eigenvalue weighted by Gasteiger charge is -2.18. The molecule has 0 aliphatic heterocycles. The Morgan fingerprint density at radius 1 is 0.294 bits per heavy atom. The van der Waals surface area contributed by atoms with Crippen LogP contribution < -0.4 is 0 Å². The van der Waals surface area contributed by atoms with E-state index in [1.165, 1.54) is 193 Å². The van der Waals surface area contributed by atoms with E-state index in [1.54, 1.807) is 0 Å². The van der Waals surface area contributed by atoms with Crippen LogP contribution in [0.1, 0.15) is 310 Å². The second-order valence-corrected chi connectivity index (χ2v) is 19.9. The summed E-state index contributed by atoms with van der Waals surface area (Å²) in [7, 11) is 0. The van der Waals surface area contributed by atoms with Gasteiger partial charge < -0.3 is 14.2 Å². The average molecular weight is 954 g/mol. The topological polar surface area (TPSA) is 78.9 Å². The Kier molecular flexibility index (Phi) is 54.8. The van der Waals surface area contributed by atoms with E-state index in [4.69, 9.17) is 14.2 Å². The Bertz CT molecular complexity index is 1190. The summed E-state index contributed by atoms with van der Waals surface area (Å²) < 4.78 is 16.8. The molecule has 0 aromatic heterocycles. The number of hydrogen-bond donors (Lipinski definition) is 0. The summed E-state index contributed by atoms with van der Waals surface area (Å²) in [6.45, 7) is 6.63. The highest BCUT2D eigenvalue weighted by Crippen LogP contribution is 2.16. The van der Waals surface area contributed by atoms with Crippen molar-refractivity contribution in [3.63, 3.8) is 0 Å². The number of esters is 3. The van der Waals surface area contributed by atoms with Gasteiger partial charge in [0.05, 0.1) is 0 Å². The molecule has 0 saturated heterocycles. The number of rotatable bonds is 54. The van der Waals surface area contributed by atoms with Crippen LogP contribution in [0.25, 0.3) is 0 Å². The Labute approximate surface area is 422 Å². The van der Waals surface area contributed by atoms with Crippen molar-refractivity contribution in [1.82, 2.24) is 0 Å². The maximum absolute atomic E-state index is 12.8. The van der Waals surface area contributed by atoms with E-state index in [9.17, 15) is 14.4 Å². The molecule has 0 heterocycles. The van der Waals surface area contributed by atoms with Gasteiger partial charge >= 0.3 is 17.9 Å². The summed E-state index contributed by atoms with van der Waals surface area (Å²) in [6, 6.07) is 0. The summed E-state index contributed by atoms with van der Waals surface area (Å²) >= 11 is 0. The van der Waals surface area contributed by atoms with Crippen LogP contribution in [-0.4, -0.2) is 37.2 Å². The van der Waals surface area contributed by atoms with Gasteiger partial charge in [0.15, 0.2) is 6.10 Å². The minimum atomic E-state index is -0.775. The molecule has 396 valence electrons. The molecule has 0 rings (SSSR count). The zero-order valence-corrected chi connectivity index (χ0v) is 45.4. The van der Waals surface area contributed by atoms with E-state index in [0.29, 0.717) is 19.3 Å². The fourth-order valence-corrected chi connectivity index (χ4v) is 8.56. The molecule has 0 radical (unpaired) electrons. The predicted octanol–water partition coefficient (Wildman–Crippen LogP) is 19.8. The SMILES string of the molecule is CCCCCCC/C=C\C/C=C\C/C=C\CCCCCCCCCCC(=O)OCC(COC(=O)CCCCCCCCCCC)OC(=O)CCCCCCCCC/C=C\CCCCCCCCC. The minimum absolute atomic E-state index is 0.0747. The van der Waals surface area contributed by atoms with Gasteiger partial charge in [0.25, 0.3) is 0 Å². The number of hydrogen-bond acceptors (Lipinski definition) is 6. The monoisotopic (exact) mass is 953 g/mol. The largest absolute Gasteiger partial charge is 0.462 e. The van der Waals surface area contributed by atoms with Crippen molar-refractivity contribution in [2.75, 3.05) is 13.2 Å². The highest BCUT2D eigenvalue weighted by atomic mass is 16.6. The van der Waals surface area contributed by atoms with Gasteiger partial charge in [0, 0.05) is 19.3 Å². The number of unbranched alkanes of at least 4 members (excludes halogenated alkanes) is 35. The molecule has 0 aliphatic carbocycles. The van der Waals surface area contributed by atoms with Crippen LogP contribution in [-0.2, 0) is 28.6 Å². The van der Waals surface area contributed by atoms with Crippen molar-refractivity contribution in [2.24, 2.45) is 0 Å². The molecule has 1 unspecified atom stereocenters. The van der Waals surface area contributed by atoms with E-state index in [2.05, 4.69) is 69.4 Å². The van der Waals surface area contributed by atoms with Crippen LogP contribution in [0.5, 0.6) is 0 Å². The van der Waals surface area contributed by atoms with Crippen LogP contribution in [0.3, 0.4) is 0 Å². The van der Waals surface area contributed by atoms with Gasteiger partial charge in [-0.25, -0.2) is 0 Å². The molecule has 0 amide bonds. The standard InChI is InChI=1S/C62H112O6/c1-4-7-10-13-16-19-21-23-25-27-29-30-31-32-33-35-36-38-40-43-46-49-52-55-61(64)67-58-59(57-66-60(63)54-51-48-45-42-18-15-12-9-6-3)68-62(65)56-53-50-47-44-41-39-37-34-28-26-24-22-20-17-14-11-8-5-2/h21,23,26-29,31-32,59H,4-20,22,24-25,30,33-58H2,1-3H3/b23-21-,28-26-,29-27-,32-31-. The molecule has 0 fully saturated rings. The third-order valence-electron chi connectivity index (χ3n) is 13.1. The van der Waals surface area contributed by atoms with E-state index in [-0.39, 0.29) is 31.1 Å². The van der Waals surface area contributed by atoms with Crippen molar-refractivity contribution in [3.05, 3.63) is 48.6 Å². The van der Waals surface area contributed by atoms with Gasteiger partial charge in [-0.05, 0) is 83.5 Å². The quantitative estimate of drug-likeness (QED) is 0.0262. The Hall–Kier alpha value is -2.63. The molecule has 6 nitrogen and oxygen atoms in total. The minimum Gasteiger partial charge on any atom is -0.462 e. The molecule has 0 N–H and O–H groups in total.